The normalized spacial score (nSPS) is 14.8. The van der Waals surface area contributed by atoms with Gasteiger partial charge in [0.05, 0.1) is 12.0 Å². The Kier molecular flexibility index (Phi) is 7.51. The summed E-state index contributed by atoms with van der Waals surface area (Å²) in [6.45, 7) is 2.91. The Bertz CT molecular complexity index is 1240. The van der Waals surface area contributed by atoms with Crippen LogP contribution in [0.2, 0.25) is 5.02 Å². The van der Waals surface area contributed by atoms with Crippen LogP contribution in [0.5, 0.6) is 0 Å². The molecule has 0 radical (unpaired) electrons. The van der Waals surface area contributed by atoms with Gasteiger partial charge in [-0.05, 0) is 54.8 Å². The number of furan rings is 1. The summed E-state index contributed by atoms with van der Waals surface area (Å²) in [5, 5.41) is 13.1. The molecule has 1 aliphatic rings. The topological polar surface area (TPSA) is 76.2 Å². The van der Waals surface area contributed by atoms with Crippen molar-refractivity contribution in [3.05, 3.63) is 83.6 Å². The number of hydrogen-bond acceptors (Lipinski definition) is 6. The number of amides is 1. The van der Waals surface area contributed by atoms with Gasteiger partial charge in [0, 0.05) is 36.4 Å². The Morgan fingerprint density at radius 1 is 1.03 bits per heavy atom. The highest BCUT2D eigenvalue weighted by atomic mass is 35.5. The molecule has 0 bridgehead atoms. The highest BCUT2D eigenvalue weighted by Gasteiger charge is 2.22. The lowest BCUT2D eigenvalue weighted by Gasteiger charge is -2.32. The van der Waals surface area contributed by atoms with Crippen molar-refractivity contribution in [3.8, 4) is 17.3 Å². The molecule has 9 heteroatoms. The summed E-state index contributed by atoms with van der Waals surface area (Å²) in [7, 11) is 0. The van der Waals surface area contributed by atoms with Crippen LogP contribution in [0.25, 0.3) is 17.3 Å². The summed E-state index contributed by atoms with van der Waals surface area (Å²) >= 11 is 7.43. The molecule has 0 saturated carbocycles. The second-order valence-electron chi connectivity index (χ2n) is 8.49. The van der Waals surface area contributed by atoms with Gasteiger partial charge in [0.2, 0.25) is 11.7 Å². The van der Waals surface area contributed by atoms with Crippen LogP contribution in [0.1, 0.15) is 18.4 Å². The lowest BCUT2D eigenvalue weighted by atomic mass is 10.0. The quantitative estimate of drug-likeness (QED) is 0.336. The summed E-state index contributed by atoms with van der Waals surface area (Å²) in [5.41, 5.74) is 2.17. The minimum atomic E-state index is 0.00159. The molecule has 0 spiro atoms. The molecule has 2 aromatic heterocycles. The number of nitrogens with one attached hydrogen (secondary N) is 1. The average Bonchev–Trinajstić information content (AvgIpc) is 3.55. The fourth-order valence-electron chi connectivity index (χ4n) is 4.23. The Hall–Kier alpha value is -3.07. The molecule has 0 unspecified atom stereocenters. The number of nitrogens with zero attached hydrogens (tertiary/aromatic N) is 4. The molecule has 1 N–H and O–H groups in total. The van der Waals surface area contributed by atoms with Crippen LogP contribution in [-0.4, -0.2) is 50.5 Å². The van der Waals surface area contributed by atoms with Gasteiger partial charge < -0.3 is 9.73 Å². The van der Waals surface area contributed by atoms with E-state index in [1.54, 1.807) is 6.26 Å². The molecule has 1 aliphatic heterocycles. The van der Waals surface area contributed by atoms with Gasteiger partial charge in [0.15, 0.2) is 10.9 Å². The summed E-state index contributed by atoms with van der Waals surface area (Å²) in [5.74, 6) is 1.44. The highest BCUT2D eigenvalue weighted by Crippen LogP contribution is 2.29. The van der Waals surface area contributed by atoms with Crippen LogP contribution in [0, 0.1) is 0 Å². The van der Waals surface area contributed by atoms with Crippen LogP contribution in [0.15, 0.2) is 82.6 Å². The zero-order valence-electron chi connectivity index (χ0n) is 19.1. The first-order chi connectivity index (χ1) is 17.2. The highest BCUT2D eigenvalue weighted by molar-refractivity contribution is 7.99. The first kappa shape index (κ1) is 23.7. The summed E-state index contributed by atoms with van der Waals surface area (Å²) < 4.78 is 7.43. The molecule has 3 heterocycles. The predicted molar refractivity (Wildman–Crippen MR) is 138 cm³/mol. The summed E-state index contributed by atoms with van der Waals surface area (Å²) in [4.78, 5) is 15.2. The van der Waals surface area contributed by atoms with Crippen molar-refractivity contribution in [2.45, 2.75) is 30.6 Å². The third-order valence-corrected chi connectivity index (χ3v) is 7.17. The Morgan fingerprint density at radius 2 is 1.80 bits per heavy atom. The molecular weight excluding hydrogens is 482 g/mol. The Labute approximate surface area is 213 Å². The molecule has 1 amide bonds. The molecule has 35 heavy (non-hydrogen) atoms. The number of hydrogen-bond donors (Lipinski definition) is 1. The van der Waals surface area contributed by atoms with Crippen molar-refractivity contribution in [1.29, 1.82) is 0 Å². The molecule has 2 aromatic carbocycles. The SMILES string of the molecule is O=C(CSc1nnc(-c2ccco2)n1-c1ccc(Cl)cc1)NC1CCN(Cc2ccccc2)CC1. The second kappa shape index (κ2) is 11.1. The number of carbonyl (C=O) groups excluding carboxylic acids is 1. The van der Waals surface area contributed by atoms with E-state index in [1.165, 1.54) is 17.3 Å². The van der Waals surface area contributed by atoms with Crippen molar-refractivity contribution < 1.29 is 9.21 Å². The molecular formula is C26H26ClN5O2S. The van der Waals surface area contributed by atoms with Gasteiger partial charge in [-0.15, -0.1) is 10.2 Å². The molecule has 180 valence electrons. The van der Waals surface area contributed by atoms with E-state index in [-0.39, 0.29) is 17.7 Å². The summed E-state index contributed by atoms with van der Waals surface area (Å²) in [6.07, 6.45) is 3.50. The van der Waals surface area contributed by atoms with Crippen LogP contribution in [-0.2, 0) is 11.3 Å². The fraction of sp³-hybridized carbons (Fsp3) is 0.269. The Morgan fingerprint density at radius 3 is 2.51 bits per heavy atom. The lowest BCUT2D eigenvalue weighted by Crippen LogP contribution is -2.44. The largest absolute Gasteiger partial charge is 0.461 e. The zero-order valence-corrected chi connectivity index (χ0v) is 20.7. The van der Waals surface area contributed by atoms with Gasteiger partial charge in [-0.25, -0.2) is 0 Å². The first-order valence-corrected chi connectivity index (χ1v) is 13.0. The predicted octanol–water partition coefficient (Wildman–Crippen LogP) is 5.05. The van der Waals surface area contributed by atoms with E-state index in [0.29, 0.717) is 21.8 Å². The maximum Gasteiger partial charge on any atom is 0.230 e. The van der Waals surface area contributed by atoms with Crippen molar-refractivity contribution in [2.24, 2.45) is 0 Å². The summed E-state index contributed by atoms with van der Waals surface area (Å²) in [6, 6.07) is 21.8. The van der Waals surface area contributed by atoms with Crippen molar-refractivity contribution in [2.75, 3.05) is 18.8 Å². The number of thioether (sulfide) groups is 1. The molecule has 0 aliphatic carbocycles. The molecule has 7 nitrogen and oxygen atoms in total. The van der Waals surface area contributed by atoms with Crippen LogP contribution >= 0.6 is 23.4 Å². The standard InChI is InChI=1S/C26H26ClN5O2S/c27-20-8-10-22(11-9-20)32-25(23-7-4-16-34-23)29-30-26(32)35-18-24(33)28-21-12-14-31(15-13-21)17-19-5-2-1-3-6-19/h1-11,16,21H,12-15,17-18H2,(H,28,33). The average molecular weight is 508 g/mol. The number of likely N-dealkylation sites (tertiary alicyclic amines) is 1. The Balaban J connectivity index is 1.18. The van der Waals surface area contributed by atoms with Crippen molar-refractivity contribution in [3.63, 3.8) is 0 Å². The first-order valence-electron chi connectivity index (χ1n) is 11.6. The van der Waals surface area contributed by atoms with E-state index >= 15 is 0 Å². The third-order valence-electron chi connectivity index (χ3n) is 5.99. The van der Waals surface area contributed by atoms with E-state index < -0.39 is 0 Å². The maximum atomic E-state index is 12.7. The van der Waals surface area contributed by atoms with Gasteiger partial charge in [-0.3, -0.25) is 14.3 Å². The van der Waals surface area contributed by atoms with Gasteiger partial charge in [0.1, 0.15) is 0 Å². The number of rotatable bonds is 8. The number of carbonyl (C=O) groups is 1. The minimum absolute atomic E-state index is 0.00159. The van der Waals surface area contributed by atoms with Gasteiger partial charge in [-0.1, -0.05) is 53.7 Å². The van der Waals surface area contributed by atoms with E-state index in [9.17, 15) is 4.79 Å². The van der Waals surface area contributed by atoms with E-state index in [0.717, 1.165) is 38.2 Å². The molecule has 5 rings (SSSR count). The number of aromatic nitrogens is 3. The van der Waals surface area contributed by atoms with Crippen LogP contribution in [0.4, 0.5) is 0 Å². The molecule has 1 fully saturated rings. The number of benzene rings is 2. The molecule has 4 aromatic rings. The minimum Gasteiger partial charge on any atom is -0.461 e. The monoisotopic (exact) mass is 507 g/mol. The van der Waals surface area contributed by atoms with Gasteiger partial charge in [0.25, 0.3) is 0 Å². The van der Waals surface area contributed by atoms with Gasteiger partial charge in [-0.2, -0.15) is 0 Å². The van der Waals surface area contributed by atoms with Crippen LogP contribution < -0.4 is 5.32 Å². The zero-order chi connectivity index (χ0) is 24.0. The maximum absolute atomic E-state index is 12.7. The smallest absolute Gasteiger partial charge is 0.230 e. The number of piperidine rings is 1. The van der Waals surface area contributed by atoms with Crippen molar-refractivity contribution >= 4 is 29.3 Å². The van der Waals surface area contributed by atoms with E-state index in [1.807, 2.05) is 47.0 Å². The van der Waals surface area contributed by atoms with Gasteiger partial charge >= 0.3 is 0 Å². The van der Waals surface area contributed by atoms with E-state index in [2.05, 4.69) is 44.7 Å². The third kappa shape index (κ3) is 5.96. The van der Waals surface area contributed by atoms with E-state index in [4.69, 9.17) is 16.0 Å². The lowest BCUT2D eigenvalue weighted by molar-refractivity contribution is -0.119. The molecule has 1 saturated heterocycles. The number of halogens is 1. The molecule has 0 atom stereocenters. The van der Waals surface area contributed by atoms with Crippen LogP contribution in [0.3, 0.4) is 0 Å². The second-order valence-corrected chi connectivity index (χ2v) is 9.87. The van der Waals surface area contributed by atoms with Crippen molar-refractivity contribution in [1.82, 2.24) is 25.0 Å². The fourth-order valence-corrected chi connectivity index (χ4v) is 5.12.